The van der Waals surface area contributed by atoms with E-state index in [1.165, 1.54) is 9.56 Å². The Labute approximate surface area is 132 Å². The summed E-state index contributed by atoms with van der Waals surface area (Å²) in [5.74, 6) is 0. The third-order valence-electron chi connectivity index (χ3n) is 2.95. The standard InChI is InChI=1S/C14H17ClN4OS/c1-4-6-19-14(20)12(15)11(8-17-19)18-9(3)13-16-7-10(5-2)21-13/h4,7-9,18H,1,5-6H2,2-3H3. The first kappa shape index (κ1) is 15.7. The van der Waals surface area contributed by atoms with Gasteiger partial charge in [-0.05, 0) is 13.3 Å². The van der Waals surface area contributed by atoms with E-state index in [9.17, 15) is 4.79 Å². The normalized spacial score (nSPS) is 12.1. The Morgan fingerprint density at radius 3 is 2.95 bits per heavy atom. The molecule has 0 aliphatic heterocycles. The van der Waals surface area contributed by atoms with Gasteiger partial charge in [0, 0.05) is 11.1 Å². The lowest BCUT2D eigenvalue weighted by molar-refractivity contribution is 0.652. The Bertz CT molecular complexity index is 695. The van der Waals surface area contributed by atoms with Gasteiger partial charge in [0.25, 0.3) is 5.56 Å². The van der Waals surface area contributed by atoms with Crippen LogP contribution in [0, 0.1) is 0 Å². The van der Waals surface area contributed by atoms with Crippen molar-refractivity contribution in [1.82, 2.24) is 14.8 Å². The summed E-state index contributed by atoms with van der Waals surface area (Å²) in [6, 6.07) is -0.0377. The second-order valence-electron chi connectivity index (χ2n) is 4.53. The van der Waals surface area contributed by atoms with Crippen LogP contribution in [-0.2, 0) is 13.0 Å². The number of thiazole rings is 1. The fraction of sp³-hybridized carbons (Fsp3) is 0.357. The van der Waals surface area contributed by atoms with Gasteiger partial charge in [0.05, 0.1) is 24.5 Å². The first-order valence-electron chi connectivity index (χ1n) is 6.64. The summed E-state index contributed by atoms with van der Waals surface area (Å²) in [4.78, 5) is 17.6. The van der Waals surface area contributed by atoms with Crippen LogP contribution in [0.3, 0.4) is 0 Å². The van der Waals surface area contributed by atoms with Gasteiger partial charge in [0.2, 0.25) is 0 Å². The number of rotatable bonds is 6. The third kappa shape index (κ3) is 3.51. The quantitative estimate of drug-likeness (QED) is 0.828. The van der Waals surface area contributed by atoms with Gasteiger partial charge in [-0.25, -0.2) is 9.67 Å². The van der Waals surface area contributed by atoms with E-state index in [1.807, 2.05) is 13.1 Å². The SMILES string of the molecule is C=CCn1ncc(NC(C)c2ncc(CC)s2)c(Cl)c1=O. The lowest BCUT2D eigenvalue weighted by atomic mass is 10.3. The molecular weight excluding hydrogens is 308 g/mol. The van der Waals surface area contributed by atoms with Gasteiger partial charge in [-0.2, -0.15) is 5.10 Å². The second kappa shape index (κ2) is 6.87. The average molecular weight is 325 g/mol. The minimum Gasteiger partial charge on any atom is -0.373 e. The molecule has 112 valence electrons. The Hall–Kier alpha value is -1.66. The van der Waals surface area contributed by atoms with Crippen LogP contribution in [-0.4, -0.2) is 14.8 Å². The molecule has 0 saturated heterocycles. The van der Waals surface area contributed by atoms with E-state index in [0.29, 0.717) is 12.2 Å². The fourth-order valence-electron chi connectivity index (χ4n) is 1.80. The minimum atomic E-state index is -0.331. The molecule has 5 nitrogen and oxygen atoms in total. The van der Waals surface area contributed by atoms with Crippen LogP contribution in [0.2, 0.25) is 5.02 Å². The van der Waals surface area contributed by atoms with Crippen LogP contribution in [0.5, 0.6) is 0 Å². The molecule has 2 rings (SSSR count). The van der Waals surface area contributed by atoms with Crippen molar-refractivity contribution in [2.45, 2.75) is 32.9 Å². The molecule has 0 radical (unpaired) electrons. The Kier molecular flexibility index (Phi) is 5.14. The van der Waals surface area contributed by atoms with E-state index >= 15 is 0 Å². The molecule has 21 heavy (non-hydrogen) atoms. The molecule has 0 aliphatic carbocycles. The molecule has 0 spiro atoms. The van der Waals surface area contributed by atoms with Crippen molar-refractivity contribution >= 4 is 28.6 Å². The van der Waals surface area contributed by atoms with Crippen molar-refractivity contribution in [3.63, 3.8) is 0 Å². The van der Waals surface area contributed by atoms with E-state index in [0.717, 1.165) is 11.4 Å². The van der Waals surface area contributed by atoms with Gasteiger partial charge in [-0.15, -0.1) is 17.9 Å². The summed E-state index contributed by atoms with van der Waals surface area (Å²) < 4.78 is 1.27. The van der Waals surface area contributed by atoms with Crippen molar-refractivity contribution in [2.24, 2.45) is 0 Å². The first-order valence-corrected chi connectivity index (χ1v) is 7.83. The molecule has 0 saturated carbocycles. The van der Waals surface area contributed by atoms with Crippen molar-refractivity contribution < 1.29 is 0 Å². The number of allylic oxidation sites excluding steroid dienone is 1. The molecule has 0 amide bonds. The van der Waals surface area contributed by atoms with Crippen LogP contribution >= 0.6 is 22.9 Å². The number of nitrogens with one attached hydrogen (secondary N) is 1. The smallest absolute Gasteiger partial charge is 0.287 e. The summed E-state index contributed by atoms with van der Waals surface area (Å²) in [6.07, 6.45) is 5.99. The molecule has 2 aromatic rings. The summed E-state index contributed by atoms with van der Waals surface area (Å²) in [5, 5.41) is 8.34. The van der Waals surface area contributed by atoms with E-state index in [2.05, 4.69) is 28.9 Å². The predicted molar refractivity (Wildman–Crippen MR) is 87.2 cm³/mol. The number of halogens is 1. The monoisotopic (exact) mass is 324 g/mol. The van der Waals surface area contributed by atoms with Gasteiger partial charge in [-0.1, -0.05) is 24.6 Å². The van der Waals surface area contributed by atoms with E-state index < -0.39 is 0 Å². The average Bonchev–Trinajstić information content (AvgIpc) is 2.96. The van der Waals surface area contributed by atoms with Gasteiger partial charge >= 0.3 is 0 Å². The molecule has 0 aromatic carbocycles. The Balaban J connectivity index is 2.21. The van der Waals surface area contributed by atoms with Gasteiger partial charge in [0.15, 0.2) is 0 Å². The number of aryl methyl sites for hydroxylation is 1. The Morgan fingerprint density at radius 1 is 1.57 bits per heavy atom. The predicted octanol–water partition coefficient (Wildman–Crippen LogP) is 3.27. The molecular formula is C14H17ClN4OS. The summed E-state index contributed by atoms with van der Waals surface area (Å²) in [7, 11) is 0. The molecule has 7 heteroatoms. The maximum absolute atomic E-state index is 12.0. The van der Waals surface area contributed by atoms with Crippen LogP contribution in [0.25, 0.3) is 0 Å². The number of aromatic nitrogens is 3. The molecule has 0 bridgehead atoms. The van der Waals surface area contributed by atoms with Crippen molar-refractivity contribution in [2.75, 3.05) is 5.32 Å². The molecule has 0 fully saturated rings. The zero-order valence-electron chi connectivity index (χ0n) is 12.0. The highest BCUT2D eigenvalue weighted by Gasteiger charge is 2.14. The second-order valence-corrected chi connectivity index (χ2v) is 6.06. The maximum atomic E-state index is 12.0. The largest absolute Gasteiger partial charge is 0.373 e. The Morgan fingerprint density at radius 2 is 2.33 bits per heavy atom. The van der Waals surface area contributed by atoms with Crippen molar-refractivity contribution in [3.8, 4) is 0 Å². The number of hydrogen-bond acceptors (Lipinski definition) is 5. The number of nitrogens with zero attached hydrogens (tertiary/aromatic N) is 3. The molecule has 2 aromatic heterocycles. The molecule has 1 atom stereocenters. The highest BCUT2D eigenvalue weighted by atomic mass is 35.5. The summed E-state index contributed by atoms with van der Waals surface area (Å²) in [6.45, 7) is 7.99. The molecule has 2 heterocycles. The van der Waals surface area contributed by atoms with Crippen LogP contribution < -0.4 is 10.9 Å². The number of anilines is 1. The summed E-state index contributed by atoms with van der Waals surface area (Å²) >= 11 is 7.76. The molecule has 1 N–H and O–H groups in total. The van der Waals surface area contributed by atoms with Crippen LogP contribution in [0.15, 0.2) is 29.8 Å². The van der Waals surface area contributed by atoms with Crippen molar-refractivity contribution in [3.05, 3.63) is 50.3 Å². The minimum absolute atomic E-state index is 0.0377. The third-order valence-corrected chi connectivity index (χ3v) is 4.64. The highest BCUT2D eigenvalue weighted by molar-refractivity contribution is 7.11. The van der Waals surface area contributed by atoms with E-state index in [1.54, 1.807) is 23.6 Å². The lowest BCUT2D eigenvalue weighted by Gasteiger charge is -2.14. The molecule has 1 unspecified atom stereocenters. The highest BCUT2D eigenvalue weighted by Crippen LogP contribution is 2.25. The topological polar surface area (TPSA) is 59.8 Å². The van der Waals surface area contributed by atoms with Crippen LogP contribution in [0.4, 0.5) is 5.69 Å². The summed E-state index contributed by atoms with van der Waals surface area (Å²) in [5.41, 5.74) is 0.185. The van der Waals surface area contributed by atoms with Gasteiger partial charge < -0.3 is 5.32 Å². The van der Waals surface area contributed by atoms with Gasteiger partial charge in [-0.3, -0.25) is 4.79 Å². The van der Waals surface area contributed by atoms with Crippen LogP contribution in [0.1, 0.15) is 29.8 Å². The lowest BCUT2D eigenvalue weighted by Crippen LogP contribution is -2.24. The fourth-order valence-corrected chi connectivity index (χ4v) is 2.86. The zero-order valence-corrected chi connectivity index (χ0v) is 13.5. The first-order chi connectivity index (χ1) is 10.1. The maximum Gasteiger partial charge on any atom is 0.287 e. The number of hydrogen-bond donors (Lipinski definition) is 1. The van der Waals surface area contributed by atoms with Crippen molar-refractivity contribution in [1.29, 1.82) is 0 Å². The van der Waals surface area contributed by atoms with E-state index in [4.69, 9.17) is 11.6 Å². The molecule has 0 aliphatic rings. The van der Waals surface area contributed by atoms with E-state index in [-0.39, 0.29) is 16.6 Å². The van der Waals surface area contributed by atoms with Gasteiger partial charge in [0.1, 0.15) is 10.0 Å². The zero-order chi connectivity index (χ0) is 15.4.